The van der Waals surface area contributed by atoms with Crippen LogP contribution in [0.15, 0.2) is 48.8 Å². The van der Waals surface area contributed by atoms with E-state index in [1.807, 2.05) is 28.8 Å². The second-order valence-electron chi connectivity index (χ2n) is 6.22. The Morgan fingerprint density at radius 1 is 1.15 bits per heavy atom. The van der Waals surface area contributed by atoms with Crippen LogP contribution in [0.1, 0.15) is 28.9 Å². The molecule has 132 valence electrons. The van der Waals surface area contributed by atoms with Crippen molar-refractivity contribution in [1.82, 2.24) is 14.7 Å². The van der Waals surface area contributed by atoms with Gasteiger partial charge in [0, 0.05) is 36.6 Å². The van der Waals surface area contributed by atoms with Gasteiger partial charge >= 0.3 is 0 Å². The number of aromatic nitrogens is 2. The number of pyridine rings is 1. The van der Waals surface area contributed by atoms with Gasteiger partial charge in [-0.15, -0.1) is 0 Å². The van der Waals surface area contributed by atoms with Crippen LogP contribution in [0, 0.1) is 0 Å². The highest BCUT2D eigenvalue weighted by Gasteiger charge is 2.21. The predicted molar refractivity (Wildman–Crippen MR) is 99.4 cm³/mol. The van der Waals surface area contributed by atoms with Crippen LogP contribution in [-0.4, -0.2) is 27.7 Å². The molecule has 0 saturated carbocycles. The van der Waals surface area contributed by atoms with Gasteiger partial charge in [0.15, 0.2) is 0 Å². The van der Waals surface area contributed by atoms with E-state index in [4.69, 9.17) is 11.6 Å². The van der Waals surface area contributed by atoms with Gasteiger partial charge < -0.3 is 14.6 Å². The number of rotatable bonds is 4. The van der Waals surface area contributed by atoms with Crippen LogP contribution in [0.4, 0.5) is 5.69 Å². The summed E-state index contributed by atoms with van der Waals surface area (Å²) in [5.41, 5.74) is 2.91. The summed E-state index contributed by atoms with van der Waals surface area (Å²) in [7, 11) is 0. The van der Waals surface area contributed by atoms with E-state index in [0.717, 1.165) is 30.0 Å². The number of halogens is 1. The molecule has 0 aliphatic carbocycles. The Labute approximate surface area is 155 Å². The first-order valence-electron chi connectivity index (χ1n) is 8.42. The number of fused-ring (bicyclic) bond motifs is 1. The molecule has 0 unspecified atom stereocenters. The average molecular weight is 369 g/mol. The predicted octanol–water partition coefficient (Wildman–Crippen LogP) is 3.04. The maximum atomic E-state index is 12.3. The van der Waals surface area contributed by atoms with Crippen LogP contribution in [0.5, 0.6) is 0 Å². The molecular formula is C19H17ClN4O2. The van der Waals surface area contributed by atoms with Gasteiger partial charge in [-0.2, -0.15) is 0 Å². The molecule has 26 heavy (non-hydrogen) atoms. The minimum absolute atomic E-state index is 0.133. The van der Waals surface area contributed by atoms with E-state index in [-0.39, 0.29) is 11.8 Å². The first-order chi connectivity index (χ1) is 12.6. The second kappa shape index (κ2) is 6.80. The van der Waals surface area contributed by atoms with Crippen molar-refractivity contribution in [3.05, 3.63) is 65.1 Å². The van der Waals surface area contributed by atoms with Crippen molar-refractivity contribution >= 4 is 34.7 Å². The lowest BCUT2D eigenvalue weighted by atomic mass is 10.2. The first-order valence-corrected chi connectivity index (χ1v) is 8.80. The standard InChI is InChI=1S/C19H17ClN4O2/c20-14-5-8-17-22-15(12-23(17)11-14)10-21-19(26)13-3-6-16(7-4-13)24-9-1-2-18(24)25/h3-8,11-12H,1-2,9-10H2,(H,21,26). The molecule has 4 rings (SSSR count). The van der Waals surface area contributed by atoms with Gasteiger partial charge in [0.2, 0.25) is 5.91 Å². The van der Waals surface area contributed by atoms with E-state index >= 15 is 0 Å². The highest BCUT2D eigenvalue weighted by atomic mass is 35.5. The van der Waals surface area contributed by atoms with Gasteiger partial charge in [-0.25, -0.2) is 4.98 Å². The molecule has 1 aliphatic heterocycles. The third-order valence-corrected chi connectivity index (χ3v) is 4.63. The number of hydrogen-bond acceptors (Lipinski definition) is 3. The van der Waals surface area contributed by atoms with Crippen molar-refractivity contribution < 1.29 is 9.59 Å². The van der Waals surface area contributed by atoms with Crippen LogP contribution >= 0.6 is 11.6 Å². The zero-order valence-corrected chi connectivity index (χ0v) is 14.7. The number of carbonyl (C=O) groups is 2. The summed E-state index contributed by atoms with van der Waals surface area (Å²) in [6, 6.07) is 10.7. The summed E-state index contributed by atoms with van der Waals surface area (Å²) >= 11 is 5.96. The molecule has 2 amide bonds. The van der Waals surface area contributed by atoms with Crippen molar-refractivity contribution in [3.8, 4) is 0 Å². The van der Waals surface area contributed by atoms with Gasteiger partial charge in [0.25, 0.3) is 5.91 Å². The number of amides is 2. The molecule has 7 heteroatoms. The van der Waals surface area contributed by atoms with Crippen LogP contribution in [0.3, 0.4) is 0 Å². The maximum absolute atomic E-state index is 12.3. The molecular weight excluding hydrogens is 352 g/mol. The minimum atomic E-state index is -0.181. The SMILES string of the molecule is O=C(NCc1cn2cc(Cl)ccc2n1)c1ccc(N2CCCC2=O)cc1. The molecule has 3 aromatic rings. The van der Waals surface area contributed by atoms with Gasteiger partial charge in [-0.05, 0) is 42.8 Å². The van der Waals surface area contributed by atoms with E-state index < -0.39 is 0 Å². The smallest absolute Gasteiger partial charge is 0.251 e. The summed E-state index contributed by atoms with van der Waals surface area (Å²) in [5.74, 6) is -0.0476. The Balaban J connectivity index is 1.41. The number of carbonyl (C=O) groups excluding carboxylic acids is 2. The Morgan fingerprint density at radius 3 is 2.69 bits per heavy atom. The van der Waals surface area contributed by atoms with E-state index in [0.29, 0.717) is 23.6 Å². The lowest BCUT2D eigenvalue weighted by Crippen LogP contribution is -2.25. The molecule has 1 aromatic carbocycles. The Hall–Kier alpha value is -2.86. The molecule has 3 heterocycles. The highest BCUT2D eigenvalue weighted by molar-refractivity contribution is 6.30. The number of nitrogens with zero attached hydrogens (tertiary/aromatic N) is 3. The van der Waals surface area contributed by atoms with Crippen LogP contribution in [0.25, 0.3) is 5.65 Å². The molecule has 2 aromatic heterocycles. The summed E-state index contributed by atoms with van der Waals surface area (Å²) in [5, 5.41) is 3.49. The molecule has 0 atom stereocenters. The molecule has 0 spiro atoms. The lowest BCUT2D eigenvalue weighted by molar-refractivity contribution is -0.117. The number of imidazole rings is 1. The van der Waals surface area contributed by atoms with Crippen molar-refractivity contribution in [1.29, 1.82) is 0 Å². The quantitative estimate of drug-likeness (QED) is 0.769. The Bertz CT molecular complexity index is 981. The molecule has 1 N–H and O–H groups in total. The fraction of sp³-hybridized carbons (Fsp3) is 0.211. The summed E-state index contributed by atoms with van der Waals surface area (Å²) in [4.78, 5) is 30.3. The maximum Gasteiger partial charge on any atom is 0.251 e. The molecule has 1 saturated heterocycles. The van der Waals surface area contributed by atoms with Gasteiger partial charge in [-0.1, -0.05) is 11.6 Å². The summed E-state index contributed by atoms with van der Waals surface area (Å²) in [6.07, 6.45) is 5.08. The molecule has 6 nitrogen and oxygen atoms in total. The number of benzene rings is 1. The minimum Gasteiger partial charge on any atom is -0.346 e. The van der Waals surface area contributed by atoms with Crippen molar-refractivity contribution in [2.75, 3.05) is 11.4 Å². The zero-order valence-electron chi connectivity index (χ0n) is 14.0. The van der Waals surface area contributed by atoms with Crippen LogP contribution < -0.4 is 10.2 Å². The fourth-order valence-corrected chi connectivity index (χ4v) is 3.26. The summed E-state index contributed by atoms with van der Waals surface area (Å²) < 4.78 is 1.83. The van der Waals surface area contributed by atoms with E-state index in [1.165, 1.54) is 0 Å². The number of hydrogen-bond donors (Lipinski definition) is 1. The Kier molecular flexibility index (Phi) is 4.34. The molecule has 0 bridgehead atoms. The van der Waals surface area contributed by atoms with E-state index in [9.17, 15) is 9.59 Å². The van der Waals surface area contributed by atoms with Crippen molar-refractivity contribution in [2.45, 2.75) is 19.4 Å². The normalized spacial score (nSPS) is 14.2. The van der Waals surface area contributed by atoms with Crippen molar-refractivity contribution in [3.63, 3.8) is 0 Å². The van der Waals surface area contributed by atoms with E-state index in [1.54, 1.807) is 29.3 Å². The monoisotopic (exact) mass is 368 g/mol. The van der Waals surface area contributed by atoms with Crippen LogP contribution in [-0.2, 0) is 11.3 Å². The number of anilines is 1. The van der Waals surface area contributed by atoms with Gasteiger partial charge in [0.1, 0.15) is 5.65 Å². The zero-order chi connectivity index (χ0) is 18.1. The lowest BCUT2D eigenvalue weighted by Gasteiger charge is -2.15. The summed E-state index contributed by atoms with van der Waals surface area (Å²) in [6.45, 7) is 1.06. The van der Waals surface area contributed by atoms with Crippen LogP contribution in [0.2, 0.25) is 5.02 Å². The molecule has 1 aliphatic rings. The first kappa shape index (κ1) is 16.6. The highest BCUT2D eigenvalue weighted by Crippen LogP contribution is 2.21. The molecule has 1 fully saturated rings. The third-order valence-electron chi connectivity index (χ3n) is 4.41. The van der Waals surface area contributed by atoms with Gasteiger partial charge in [0.05, 0.1) is 17.3 Å². The van der Waals surface area contributed by atoms with Crippen molar-refractivity contribution in [2.24, 2.45) is 0 Å². The third kappa shape index (κ3) is 3.28. The molecule has 0 radical (unpaired) electrons. The number of nitrogens with one attached hydrogen (secondary N) is 1. The second-order valence-corrected chi connectivity index (χ2v) is 6.66. The largest absolute Gasteiger partial charge is 0.346 e. The van der Waals surface area contributed by atoms with Gasteiger partial charge in [-0.3, -0.25) is 9.59 Å². The topological polar surface area (TPSA) is 66.7 Å². The Morgan fingerprint density at radius 2 is 1.96 bits per heavy atom. The average Bonchev–Trinajstić information content (AvgIpc) is 3.25. The van der Waals surface area contributed by atoms with E-state index in [2.05, 4.69) is 10.3 Å². The fourth-order valence-electron chi connectivity index (χ4n) is 3.09.